The van der Waals surface area contributed by atoms with Crippen LogP contribution in [0.2, 0.25) is 0 Å². The van der Waals surface area contributed by atoms with E-state index in [0.717, 1.165) is 22.7 Å². The number of aromatic nitrogens is 2. The zero-order valence-corrected chi connectivity index (χ0v) is 13.2. The molecule has 0 saturated heterocycles. The summed E-state index contributed by atoms with van der Waals surface area (Å²) in [5, 5.41) is 16.1. The van der Waals surface area contributed by atoms with E-state index in [9.17, 15) is 4.79 Å². The number of hydrogen-bond acceptors (Lipinski definition) is 6. The number of carbonyl (C=O) groups is 1. The predicted molar refractivity (Wildman–Crippen MR) is 85.0 cm³/mol. The molecular formula is C15H16N4O2S. The minimum Gasteiger partial charge on any atom is -0.379 e. The third-order valence-corrected chi connectivity index (χ3v) is 4.42. The van der Waals surface area contributed by atoms with Crippen molar-refractivity contribution in [1.82, 2.24) is 10.2 Å². The summed E-state index contributed by atoms with van der Waals surface area (Å²) in [5.41, 5.74) is 0.705. The zero-order chi connectivity index (χ0) is 15.6. The van der Waals surface area contributed by atoms with Crippen LogP contribution in [-0.2, 0) is 16.1 Å². The van der Waals surface area contributed by atoms with E-state index < -0.39 is 5.60 Å². The quantitative estimate of drug-likeness (QED) is 0.940. The van der Waals surface area contributed by atoms with Gasteiger partial charge in [0.15, 0.2) is 0 Å². The second-order valence-corrected chi connectivity index (χ2v) is 6.27. The lowest BCUT2D eigenvalue weighted by atomic mass is 9.95. The predicted octanol–water partition coefficient (Wildman–Crippen LogP) is 2.62. The molecule has 1 aliphatic heterocycles. The van der Waals surface area contributed by atoms with Crippen LogP contribution in [0.4, 0.5) is 5.13 Å². The first kappa shape index (κ1) is 14.6. The van der Waals surface area contributed by atoms with Crippen molar-refractivity contribution in [2.45, 2.75) is 32.3 Å². The number of benzene rings is 1. The molecule has 2 heterocycles. The van der Waals surface area contributed by atoms with E-state index in [1.54, 1.807) is 6.92 Å². The molecule has 1 N–H and O–H groups in total. The molecule has 0 aliphatic carbocycles. The Balaban J connectivity index is 1.69. The van der Waals surface area contributed by atoms with Crippen LogP contribution in [0.25, 0.3) is 0 Å². The molecule has 3 rings (SSSR count). The van der Waals surface area contributed by atoms with Crippen LogP contribution < -0.4 is 5.32 Å². The average molecular weight is 316 g/mol. The summed E-state index contributed by atoms with van der Waals surface area (Å²) in [4.78, 5) is 17.8. The van der Waals surface area contributed by atoms with Gasteiger partial charge >= 0.3 is 0 Å². The second kappa shape index (κ2) is 5.84. The van der Waals surface area contributed by atoms with Gasteiger partial charge in [0.2, 0.25) is 10.7 Å². The molecule has 0 unspecified atom stereocenters. The van der Waals surface area contributed by atoms with Gasteiger partial charge in [-0.1, -0.05) is 53.7 Å². The number of rotatable bonds is 4. The first-order chi connectivity index (χ1) is 10.6. The van der Waals surface area contributed by atoms with Gasteiger partial charge in [0.05, 0.1) is 5.71 Å². The number of carbonyl (C=O) groups excluding carboxylic acids is 1. The van der Waals surface area contributed by atoms with Gasteiger partial charge in [-0.3, -0.25) is 10.1 Å². The van der Waals surface area contributed by atoms with Crippen molar-refractivity contribution in [2.24, 2.45) is 5.16 Å². The van der Waals surface area contributed by atoms with Crippen molar-refractivity contribution in [3.8, 4) is 0 Å². The molecular weight excluding hydrogens is 300 g/mol. The summed E-state index contributed by atoms with van der Waals surface area (Å²) in [5.74, 6) is -0.263. The molecule has 1 aromatic heterocycles. The van der Waals surface area contributed by atoms with Crippen molar-refractivity contribution in [3.05, 3.63) is 40.9 Å². The third-order valence-electron chi connectivity index (χ3n) is 3.44. The Kier molecular flexibility index (Phi) is 3.89. The van der Waals surface area contributed by atoms with Gasteiger partial charge in [-0.05, 0) is 18.9 Å². The van der Waals surface area contributed by atoms with E-state index in [1.165, 1.54) is 11.3 Å². The average Bonchev–Trinajstić information content (AvgIpc) is 3.16. The van der Waals surface area contributed by atoms with Crippen LogP contribution in [0.15, 0.2) is 35.5 Å². The summed E-state index contributed by atoms with van der Waals surface area (Å²) in [6.07, 6.45) is 1.21. The number of nitrogens with zero attached hydrogens (tertiary/aromatic N) is 3. The second-order valence-electron chi connectivity index (χ2n) is 5.21. The molecule has 22 heavy (non-hydrogen) atoms. The molecule has 6 nitrogen and oxygen atoms in total. The highest BCUT2D eigenvalue weighted by Crippen LogP contribution is 2.28. The number of anilines is 1. The number of oxime groups is 1. The van der Waals surface area contributed by atoms with Crippen LogP contribution in [0.1, 0.15) is 30.8 Å². The lowest BCUT2D eigenvalue weighted by molar-refractivity contribution is -0.135. The lowest BCUT2D eigenvalue weighted by Gasteiger charge is -2.19. The highest BCUT2D eigenvalue weighted by atomic mass is 32.1. The van der Waals surface area contributed by atoms with Crippen LogP contribution in [-0.4, -0.2) is 27.4 Å². The fraction of sp³-hybridized carbons (Fsp3) is 0.333. The maximum absolute atomic E-state index is 12.4. The maximum Gasteiger partial charge on any atom is 0.273 e. The Bertz CT molecular complexity index is 713. The Hall–Kier alpha value is -2.28. The van der Waals surface area contributed by atoms with E-state index in [2.05, 4.69) is 20.7 Å². The van der Waals surface area contributed by atoms with Crippen LogP contribution in [0, 0.1) is 0 Å². The minimum absolute atomic E-state index is 0.263. The van der Waals surface area contributed by atoms with Gasteiger partial charge in [-0.2, -0.15) is 0 Å². The van der Waals surface area contributed by atoms with E-state index in [0.29, 0.717) is 11.6 Å². The summed E-state index contributed by atoms with van der Waals surface area (Å²) < 4.78 is 0. The van der Waals surface area contributed by atoms with Crippen molar-refractivity contribution in [1.29, 1.82) is 0 Å². The first-order valence-corrected chi connectivity index (χ1v) is 7.86. The summed E-state index contributed by atoms with van der Waals surface area (Å²) in [7, 11) is 0. The van der Waals surface area contributed by atoms with Gasteiger partial charge in [0.1, 0.15) is 5.01 Å². The zero-order valence-electron chi connectivity index (χ0n) is 12.4. The van der Waals surface area contributed by atoms with E-state index in [-0.39, 0.29) is 5.91 Å². The van der Waals surface area contributed by atoms with Crippen LogP contribution in [0.5, 0.6) is 0 Å². The molecule has 0 fully saturated rings. The Morgan fingerprint density at radius 2 is 2.14 bits per heavy atom. The topological polar surface area (TPSA) is 76.5 Å². The lowest BCUT2D eigenvalue weighted by Crippen LogP contribution is -2.40. The number of aryl methyl sites for hydroxylation is 1. The molecule has 0 saturated carbocycles. The molecule has 0 radical (unpaired) electrons. The van der Waals surface area contributed by atoms with Gasteiger partial charge < -0.3 is 4.84 Å². The number of amides is 1. The molecule has 7 heteroatoms. The van der Waals surface area contributed by atoms with Gasteiger partial charge in [-0.25, -0.2) is 0 Å². The minimum atomic E-state index is -1.02. The molecule has 1 aromatic carbocycles. The normalized spacial score (nSPS) is 20.4. The van der Waals surface area contributed by atoms with Gasteiger partial charge in [-0.15, -0.1) is 10.2 Å². The number of nitrogens with one attached hydrogen (secondary N) is 1. The number of hydrogen-bond donors (Lipinski definition) is 1. The van der Waals surface area contributed by atoms with E-state index in [1.807, 2.05) is 37.3 Å². The molecule has 0 spiro atoms. The van der Waals surface area contributed by atoms with Crippen LogP contribution >= 0.6 is 11.3 Å². The Morgan fingerprint density at radius 1 is 1.36 bits per heavy atom. The SMILES string of the molecule is CCc1nnc(NC(=O)[C@]2(C)CC(c3ccccc3)=NO2)s1. The standard InChI is InChI=1S/C15H16N4O2S/c1-3-12-17-18-14(22-12)16-13(20)15(2)9-11(19-21-15)10-7-5-4-6-8-10/h4-8H,3,9H2,1-2H3,(H,16,18,20)/t15-/m0/s1. The molecule has 114 valence electrons. The Labute approximate surface area is 132 Å². The maximum atomic E-state index is 12.4. The monoisotopic (exact) mass is 316 g/mol. The first-order valence-electron chi connectivity index (χ1n) is 7.05. The van der Waals surface area contributed by atoms with Crippen molar-refractivity contribution >= 4 is 28.1 Å². The highest BCUT2D eigenvalue weighted by Gasteiger charge is 2.42. The summed E-state index contributed by atoms with van der Waals surface area (Å²) >= 11 is 1.37. The third kappa shape index (κ3) is 2.85. The fourth-order valence-corrected chi connectivity index (χ4v) is 2.80. The molecule has 1 atom stereocenters. The van der Waals surface area contributed by atoms with Gasteiger partial charge in [0, 0.05) is 6.42 Å². The molecule has 2 aromatic rings. The summed E-state index contributed by atoms with van der Waals surface area (Å²) in [6.45, 7) is 3.72. The largest absolute Gasteiger partial charge is 0.379 e. The van der Waals surface area contributed by atoms with E-state index >= 15 is 0 Å². The van der Waals surface area contributed by atoms with Crippen molar-refractivity contribution in [2.75, 3.05) is 5.32 Å². The van der Waals surface area contributed by atoms with E-state index in [4.69, 9.17) is 4.84 Å². The van der Waals surface area contributed by atoms with Crippen LogP contribution in [0.3, 0.4) is 0 Å². The summed E-state index contributed by atoms with van der Waals surface area (Å²) in [6, 6.07) is 9.70. The molecule has 1 amide bonds. The fourth-order valence-electron chi connectivity index (χ4n) is 2.12. The molecule has 1 aliphatic rings. The smallest absolute Gasteiger partial charge is 0.273 e. The highest BCUT2D eigenvalue weighted by molar-refractivity contribution is 7.15. The van der Waals surface area contributed by atoms with Gasteiger partial charge in [0.25, 0.3) is 5.91 Å². The molecule has 0 bridgehead atoms. The van der Waals surface area contributed by atoms with Crippen molar-refractivity contribution < 1.29 is 9.63 Å². The Morgan fingerprint density at radius 3 is 2.82 bits per heavy atom. The van der Waals surface area contributed by atoms with Crippen molar-refractivity contribution in [3.63, 3.8) is 0 Å².